The van der Waals surface area contributed by atoms with E-state index in [2.05, 4.69) is 40.1 Å². The third-order valence-electron chi connectivity index (χ3n) is 3.58. The van der Waals surface area contributed by atoms with Crippen molar-refractivity contribution < 1.29 is 4.42 Å². The van der Waals surface area contributed by atoms with Crippen molar-refractivity contribution >= 4 is 44.7 Å². The van der Waals surface area contributed by atoms with Gasteiger partial charge in [0.2, 0.25) is 5.89 Å². The van der Waals surface area contributed by atoms with Crippen molar-refractivity contribution in [2.75, 3.05) is 0 Å². The fraction of sp³-hybridized carbons (Fsp3) is 0.250. The van der Waals surface area contributed by atoms with Gasteiger partial charge in [0, 0.05) is 10.3 Å². The Morgan fingerprint density at radius 2 is 2.17 bits per heavy atom. The molecule has 0 saturated heterocycles. The lowest BCUT2D eigenvalue weighted by Crippen LogP contribution is -1.85. The van der Waals surface area contributed by atoms with Crippen molar-refractivity contribution in [1.82, 2.24) is 20.2 Å². The van der Waals surface area contributed by atoms with Gasteiger partial charge in [0.15, 0.2) is 0 Å². The first-order chi connectivity index (χ1) is 11.7. The van der Waals surface area contributed by atoms with Gasteiger partial charge in [-0.15, -0.1) is 32.9 Å². The standard InChI is InChI=1S/C16H14N4OS3/c1-3-11-9(2)6-12(24-11)14-20-19-13(21-14)7-23-16-10-4-5-22-15(10)17-8-18-16/h4-6,8H,3,7H2,1-2H3. The fourth-order valence-electron chi connectivity index (χ4n) is 2.40. The van der Waals surface area contributed by atoms with Crippen LogP contribution in [-0.2, 0) is 12.2 Å². The van der Waals surface area contributed by atoms with Crippen LogP contribution in [0.15, 0.2) is 33.3 Å². The molecule has 5 nitrogen and oxygen atoms in total. The Labute approximate surface area is 151 Å². The Morgan fingerprint density at radius 1 is 1.25 bits per heavy atom. The maximum absolute atomic E-state index is 5.82. The second-order valence-corrected chi connectivity index (χ2v) is 8.17. The summed E-state index contributed by atoms with van der Waals surface area (Å²) in [6.45, 7) is 4.28. The van der Waals surface area contributed by atoms with Gasteiger partial charge in [-0.25, -0.2) is 9.97 Å². The monoisotopic (exact) mass is 374 g/mol. The number of aryl methyl sites for hydroxylation is 2. The van der Waals surface area contributed by atoms with E-state index in [1.807, 2.05) is 11.4 Å². The smallest absolute Gasteiger partial charge is 0.257 e. The number of rotatable bonds is 5. The summed E-state index contributed by atoms with van der Waals surface area (Å²) in [6, 6.07) is 4.16. The molecule has 0 spiro atoms. The van der Waals surface area contributed by atoms with Crippen molar-refractivity contribution in [2.24, 2.45) is 0 Å². The minimum absolute atomic E-state index is 0.597. The molecule has 8 heteroatoms. The summed E-state index contributed by atoms with van der Waals surface area (Å²) in [5, 5.41) is 12.4. The van der Waals surface area contributed by atoms with Gasteiger partial charge in [-0.3, -0.25) is 0 Å². The SMILES string of the molecule is CCc1sc(-c2nnc(CSc3ncnc4sccc34)o2)cc1C. The highest BCUT2D eigenvalue weighted by atomic mass is 32.2. The summed E-state index contributed by atoms with van der Waals surface area (Å²) in [7, 11) is 0. The zero-order chi connectivity index (χ0) is 16.5. The van der Waals surface area contributed by atoms with Crippen LogP contribution in [0.5, 0.6) is 0 Å². The normalized spacial score (nSPS) is 11.4. The van der Waals surface area contributed by atoms with E-state index in [0.29, 0.717) is 17.5 Å². The lowest BCUT2D eigenvalue weighted by molar-refractivity contribution is 0.529. The Morgan fingerprint density at radius 3 is 3.00 bits per heavy atom. The van der Waals surface area contributed by atoms with Gasteiger partial charge < -0.3 is 4.42 Å². The van der Waals surface area contributed by atoms with Gasteiger partial charge in [-0.2, -0.15) is 0 Å². The van der Waals surface area contributed by atoms with Crippen LogP contribution in [0.25, 0.3) is 21.0 Å². The molecule has 0 saturated carbocycles. The maximum atomic E-state index is 5.82. The molecule has 0 aliphatic heterocycles. The van der Waals surface area contributed by atoms with Crippen LogP contribution in [0.2, 0.25) is 0 Å². The largest absolute Gasteiger partial charge is 0.419 e. The van der Waals surface area contributed by atoms with Crippen molar-refractivity contribution in [3.05, 3.63) is 40.2 Å². The summed E-state index contributed by atoms with van der Waals surface area (Å²) in [4.78, 5) is 12.0. The van der Waals surface area contributed by atoms with E-state index in [4.69, 9.17) is 4.42 Å². The Balaban J connectivity index is 1.52. The van der Waals surface area contributed by atoms with Gasteiger partial charge in [0.25, 0.3) is 5.89 Å². The van der Waals surface area contributed by atoms with E-state index < -0.39 is 0 Å². The zero-order valence-corrected chi connectivity index (χ0v) is 15.6. The minimum Gasteiger partial charge on any atom is -0.419 e. The summed E-state index contributed by atoms with van der Waals surface area (Å²) in [6.07, 6.45) is 2.62. The highest BCUT2D eigenvalue weighted by Crippen LogP contribution is 2.33. The molecule has 0 bridgehead atoms. The van der Waals surface area contributed by atoms with E-state index in [0.717, 1.165) is 26.5 Å². The number of aromatic nitrogens is 4. The van der Waals surface area contributed by atoms with Crippen molar-refractivity contribution in [2.45, 2.75) is 31.0 Å². The van der Waals surface area contributed by atoms with Gasteiger partial charge in [-0.05, 0) is 36.4 Å². The van der Waals surface area contributed by atoms with Crippen LogP contribution in [0, 0.1) is 6.92 Å². The second-order valence-electron chi connectivity index (χ2n) is 5.18. The number of thiophene rings is 2. The van der Waals surface area contributed by atoms with Crippen LogP contribution in [0.4, 0.5) is 0 Å². The third kappa shape index (κ3) is 2.97. The summed E-state index contributed by atoms with van der Waals surface area (Å²) >= 11 is 4.93. The first-order valence-electron chi connectivity index (χ1n) is 7.47. The van der Waals surface area contributed by atoms with Gasteiger partial charge in [0.1, 0.15) is 16.2 Å². The van der Waals surface area contributed by atoms with E-state index in [1.54, 1.807) is 40.8 Å². The molecular weight excluding hydrogens is 360 g/mol. The lowest BCUT2D eigenvalue weighted by Gasteiger charge is -1.98. The van der Waals surface area contributed by atoms with Crippen molar-refractivity contribution in [3.8, 4) is 10.8 Å². The number of hydrogen-bond donors (Lipinski definition) is 0. The molecule has 0 N–H and O–H groups in total. The molecular formula is C16H14N4OS3. The quantitative estimate of drug-likeness (QED) is 0.363. The maximum Gasteiger partial charge on any atom is 0.257 e. The molecule has 0 aliphatic rings. The molecule has 122 valence electrons. The van der Waals surface area contributed by atoms with E-state index in [-0.39, 0.29) is 0 Å². The number of thioether (sulfide) groups is 1. The van der Waals surface area contributed by atoms with Crippen LogP contribution in [0.1, 0.15) is 23.3 Å². The first kappa shape index (κ1) is 15.7. The van der Waals surface area contributed by atoms with E-state index in [1.165, 1.54) is 10.4 Å². The highest BCUT2D eigenvalue weighted by Gasteiger charge is 2.14. The minimum atomic E-state index is 0.597. The van der Waals surface area contributed by atoms with Crippen LogP contribution in [0.3, 0.4) is 0 Å². The second kappa shape index (κ2) is 6.62. The lowest BCUT2D eigenvalue weighted by atomic mass is 10.2. The van der Waals surface area contributed by atoms with Crippen LogP contribution < -0.4 is 0 Å². The average molecular weight is 375 g/mol. The topological polar surface area (TPSA) is 64.7 Å². The van der Waals surface area contributed by atoms with Gasteiger partial charge in [-0.1, -0.05) is 18.7 Å². The Bertz CT molecular complexity index is 988. The number of hydrogen-bond acceptors (Lipinski definition) is 8. The molecule has 0 unspecified atom stereocenters. The Kier molecular flexibility index (Phi) is 4.34. The Hall–Kier alpha value is -1.77. The summed E-state index contributed by atoms with van der Waals surface area (Å²) in [5.41, 5.74) is 1.28. The van der Waals surface area contributed by atoms with E-state index >= 15 is 0 Å². The zero-order valence-electron chi connectivity index (χ0n) is 13.1. The van der Waals surface area contributed by atoms with E-state index in [9.17, 15) is 0 Å². The molecule has 0 aliphatic carbocycles. The molecule has 4 heterocycles. The van der Waals surface area contributed by atoms with Crippen molar-refractivity contribution in [3.63, 3.8) is 0 Å². The van der Waals surface area contributed by atoms with Crippen molar-refractivity contribution in [1.29, 1.82) is 0 Å². The average Bonchev–Trinajstić information content (AvgIpc) is 3.31. The molecule has 0 fully saturated rings. The van der Waals surface area contributed by atoms with Crippen LogP contribution in [-0.4, -0.2) is 20.2 Å². The first-order valence-corrected chi connectivity index (χ1v) is 10.2. The summed E-state index contributed by atoms with van der Waals surface area (Å²) in [5.74, 6) is 1.81. The molecule has 0 atom stereocenters. The van der Waals surface area contributed by atoms with Gasteiger partial charge >= 0.3 is 0 Å². The predicted octanol–water partition coefficient (Wildman–Crippen LogP) is 4.97. The molecule has 0 radical (unpaired) electrons. The van der Waals surface area contributed by atoms with Gasteiger partial charge in [0.05, 0.1) is 10.6 Å². The van der Waals surface area contributed by atoms with Crippen LogP contribution >= 0.6 is 34.4 Å². The molecule has 4 rings (SSSR count). The number of fused-ring (bicyclic) bond motifs is 1. The highest BCUT2D eigenvalue weighted by molar-refractivity contribution is 7.98. The summed E-state index contributed by atoms with van der Waals surface area (Å²) < 4.78 is 5.82. The molecule has 0 aromatic carbocycles. The fourth-order valence-corrected chi connectivity index (χ4v) is 5.05. The third-order valence-corrected chi connectivity index (χ3v) is 6.76. The molecule has 0 amide bonds. The molecule has 4 aromatic heterocycles. The predicted molar refractivity (Wildman–Crippen MR) is 98.7 cm³/mol. The molecule has 24 heavy (non-hydrogen) atoms. The molecule has 4 aromatic rings. The number of nitrogens with zero attached hydrogens (tertiary/aromatic N) is 4.